The molecule has 1 saturated heterocycles. The number of rotatable bonds is 4. The van der Waals surface area contributed by atoms with Crippen LogP contribution >= 0.6 is 12.4 Å². The second-order valence-corrected chi connectivity index (χ2v) is 4.87. The van der Waals surface area contributed by atoms with Crippen LogP contribution in [0.5, 0.6) is 0 Å². The Hall–Kier alpha value is -1.39. The first-order chi connectivity index (χ1) is 9.20. The van der Waals surface area contributed by atoms with Crippen molar-refractivity contribution in [2.45, 2.75) is 32.2 Å². The monoisotopic (exact) mass is 296 g/mol. The Kier molecular flexibility index (Phi) is 6.68. The van der Waals surface area contributed by atoms with Gasteiger partial charge < -0.3 is 10.6 Å². The first kappa shape index (κ1) is 16.7. The quantitative estimate of drug-likeness (QED) is 0.837. The lowest BCUT2D eigenvalue weighted by molar-refractivity contribution is 0.0928. The highest BCUT2D eigenvalue weighted by Gasteiger charge is 2.16. The Bertz CT molecular complexity index is 453. The minimum atomic E-state index is -0.0656. The molecule has 0 radical (unpaired) electrons. The number of hydrogen-bond acceptors (Lipinski definition) is 3. The van der Waals surface area contributed by atoms with Gasteiger partial charge in [-0.05, 0) is 31.5 Å². The number of ketones is 1. The zero-order valence-corrected chi connectivity index (χ0v) is 12.5. The number of piperidine rings is 1. The maximum Gasteiger partial charge on any atom is 0.251 e. The van der Waals surface area contributed by atoms with Crippen LogP contribution in [0, 0.1) is 0 Å². The van der Waals surface area contributed by atoms with Gasteiger partial charge in [-0.2, -0.15) is 0 Å². The molecule has 1 fully saturated rings. The summed E-state index contributed by atoms with van der Waals surface area (Å²) in [7, 11) is 0. The summed E-state index contributed by atoms with van der Waals surface area (Å²) in [5, 5.41) is 6.28. The summed E-state index contributed by atoms with van der Waals surface area (Å²) in [6.45, 7) is 3.69. The minimum Gasteiger partial charge on any atom is -0.348 e. The Balaban J connectivity index is 0.00000200. The summed E-state index contributed by atoms with van der Waals surface area (Å²) in [6, 6.07) is 7.08. The van der Waals surface area contributed by atoms with Crippen LogP contribution in [0.2, 0.25) is 0 Å². The van der Waals surface area contributed by atoms with E-state index in [0.717, 1.165) is 25.9 Å². The fourth-order valence-electron chi connectivity index (χ4n) is 2.26. The molecule has 0 aromatic heterocycles. The van der Waals surface area contributed by atoms with E-state index in [1.807, 2.05) is 6.92 Å². The highest BCUT2D eigenvalue weighted by atomic mass is 35.5. The van der Waals surface area contributed by atoms with Crippen molar-refractivity contribution in [2.24, 2.45) is 0 Å². The maximum absolute atomic E-state index is 12.0. The number of hydrogen-bond donors (Lipinski definition) is 2. The number of carbonyl (C=O) groups excluding carboxylic acids is 2. The van der Waals surface area contributed by atoms with Crippen molar-refractivity contribution >= 4 is 24.1 Å². The van der Waals surface area contributed by atoms with Crippen LogP contribution in [0.25, 0.3) is 0 Å². The van der Waals surface area contributed by atoms with E-state index in [4.69, 9.17) is 0 Å². The molecule has 20 heavy (non-hydrogen) atoms. The minimum absolute atomic E-state index is 0. The van der Waals surface area contributed by atoms with Crippen LogP contribution < -0.4 is 10.6 Å². The average molecular weight is 297 g/mol. The summed E-state index contributed by atoms with van der Waals surface area (Å²) in [5.74, 6) is 0.0348. The molecule has 0 bridgehead atoms. The standard InChI is InChI=1S/C15H20N2O2.ClH/c1-2-14(18)11-5-7-12(8-6-11)15(19)17-13-4-3-9-16-10-13;/h5-8,13,16H,2-4,9-10H2,1H3,(H,17,19);1H. The summed E-state index contributed by atoms with van der Waals surface area (Å²) in [4.78, 5) is 23.5. The number of Topliss-reactive ketones (excluding diaryl/α,β-unsaturated/α-hetero) is 1. The molecule has 2 N–H and O–H groups in total. The van der Waals surface area contributed by atoms with Crippen molar-refractivity contribution in [2.75, 3.05) is 13.1 Å². The van der Waals surface area contributed by atoms with Gasteiger partial charge in [0.25, 0.3) is 5.91 Å². The summed E-state index contributed by atoms with van der Waals surface area (Å²) < 4.78 is 0. The first-order valence-electron chi connectivity index (χ1n) is 6.85. The molecule has 1 atom stereocenters. The fourth-order valence-corrected chi connectivity index (χ4v) is 2.26. The zero-order valence-electron chi connectivity index (χ0n) is 11.6. The van der Waals surface area contributed by atoms with Crippen molar-refractivity contribution in [3.8, 4) is 0 Å². The third-order valence-corrected chi connectivity index (χ3v) is 3.42. The lowest BCUT2D eigenvalue weighted by atomic mass is 10.0. The van der Waals surface area contributed by atoms with Crippen molar-refractivity contribution in [3.63, 3.8) is 0 Å². The van der Waals surface area contributed by atoms with Gasteiger partial charge in [0.1, 0.15) is 0 Å². The fraction of sp³-hybridized carbons (Fsp3) is 0.467. The van der Waals surface area contributed by atoms with E-state index in [9.17, 15) is 9.59 Å². The van der Waals surface area contributed by atoms with Gasteiger partial charge in [0.2, 0.25) is 0 Å². The van der Waals surface area contributed by atoms with E-state index in [2.05, 4.69) is 10.6 Å². The maximum atomic E-state index is 12.0. The van der Waals surface area contributed by atoms with Crippen molar-refractivity contribution in [1.82, 2.24) is 10.6 Å². The van der Waals surface area contributed by atoms with Crippen molar-refractivity contribution in [3.05, 3.63) is 35.4 Å². The van der Waals surface area contributed by atoms with Crippen LogP contribution in [0.4, 0.5) is 0 Å². The smallest absolute Gasteiger partial charge is 0.251 e. The van der Waals surface area contributed by atoms with Gasteiger partial charge >= 0.3 is 0 Å². The third-order valence-electron chi connectivity index (χ3n) is 3.42. The number of carbonyl (C=O) groups is 2. The van der Waals surface area contributed by atoms with Gasteiger partial charge in [-0.15, -0.1) is 12.4 Å². The van der Waals surface area contributed by atoms with Gasteiger partial charge in [0, 0.05) is 30.1 Å². The molecule has 1 aromatic carbocycles. The predicted molar refractivity (Wildman–Crippen MR) is 81.7 cm³/mol. The molecule has 1 aliphatic heterocycles. The topological polar surface area (TPSA) is 58.2 Å². The molecule has 1 unspecified atom stereocenters. The average Bonchev–Trinajstić information content (AvgIpc) is 2.47. The van der Waals surface area contributed by atoms with E-state index in [0.29, 0.717) is 17.5 Å². The molecule has 110 valence electrons. The molecule has 5 heteroatoms. The highest BCUT2D eigenvalue weighted by Crippen LogP contribution is 2.08. The first-order valence-corrected chi connectivity index (χ1v) is 6.85. The van der Waals surface area contributed by atoms with Crippen molar-refractivity contribution < 1.29 is 9.59 Å². The molecule has 0 aliphatic carbocycles. The van der Waals surface area contributed by atoms with Gasteiger partial charge in [-0.25, -0.2) is 0 Å². The van der Waals surface area contributed by atoms with Gasteiger partial charge in [0.15, 0.2) is 5.78 Å². The van der Waals surface area contributed by atoms with Crippen molar-refractivity contribution in [1.29, 1.82) is 0 Å². The molecule has 1 aliphatic rings. The Morgan fingerprint density at radius 1 is 1.25 bits per heavy atom. The molecule has 4 nitrogen and oxygen atoms in total. The number of benzene rings is 1. The van der Waals surface area contributed by atoms with E-state index >= 15 is 0 Å². The molecule has 1 amide bonds. The van der Waals surface area contributed by atoms with Crippen LogP contribution in [-0.4, -0.2) is 30.8 Å². The SMILES string of the molecule is CCC(=O)c1ccc(C(=O)NC2CCCNC2)cc1.Cl. The number of halogens is 1. The van der Waals surface area contributed by atoms with Crippen LogP contribution in [0.1, 0.15) is 46.9 Å². The molecule has 2 rings (SSSR count). The number of nitrogens with one attached hydrogen (secondary N) is 2. The van der Waals surface area contributed by atoms with E-state index in [1.54, 1.807) is 24.3 Å². The predicted octanol–water partition coefficient (Wildman–Crippen LogP) is 2.18. The van der Waals surface area contributed by atoms with E-state index in [-0.39, 0.29) is 30.1 Å². The molecule has 0 saturated carbocycles. The van der Waals surface area contributed by atoms with Crippen LogP contribution in [-0.2, 0) is 0 Å². The Morgan fingerprint density at radius 2 is 1.90 bits per heavy atom. The summed E-state index contributed by atoms with van der Waals surface area (Å²) >= 11 is 0. The zero-order chi connectivity index (χ0) is 13.7. The lowest BCUT2D eigenvalue weighted by Crippen LogP contribution is -2.45. The lowest BCUT2D eigenvalue weighted by Gasteiger charge is -2.23. The van der Waals surface area contributed by atoms with E-state index < -0.39 is 0 Å². The van der Waals surface area contributed by atoms with Gasteiger partial charge in [-0.3, -0.25) is 9.59 Å². The Labute approximate surface area is 125 Å². The third kappa shape index (κ3) is 4.32. The van der Waals surface area contributed by atoms with E-state index in [1.165, 1.54) is 0 Å². The largest absolute Gasteiger partial charge is 0.348 e. The second-order valence-electron chi connectivity index (χ2n) is 4.87. The molecular weight excluding hydrogens is 276 g/mol. The second kappa shape index (κ2) is 8.02. The molecular formula is C15H21ClN2O2. The molecule has 1 heterocycles. The highest BCUT2D eigenvalue weighted by molar-refractivity contribution is 5.98. The summed E-state index contributed by atoms with van der Waals surface area (Å²) in [6.07, 6.45) is 2.60. The Morgan fingerprint density at radius 3 is 2.45 bits per heavy atom. The van der Waals surface area contributed by atoms with Gasteiger partial charge in [-0.1, -0.05) is 19.1 Å². The normalized spacial score (nSPS) is 17.9. The molecule has 0 spiro atoms. The van der Waals surface area contributed by atoms with Crippen LogP contribution in [0.3, 0.4) is 0 Å². The summed E-state index contributed by atoms with van der Waals surface area (Å²) in [5.41, 5.74) is 1.27. The number of amides is 1. The van der Waals surface area contributed by atoms with Crippen LogP contribution in [0.15, 0.2) is 24.3 Å². The molecule has 1 aromatic rings. The van der Waals surface area contributed by atoms with Gasteiger partial charge in [0.05, 0.1) is 0 Å².